The summed E-state index contributed by atoms with van der Waals surface area (Å²) in [5, 5.41) is 4.53. The van der Waals surface area contributed by atoms with Crippen LogP contribution in [0.1, 0.15) is 11.6 Å². The minimum Gasteiger partial charge on any atom is -0.220 e. The molecule has 0 bridgehead atoms. The second-order valence-corrected chi connectivity index (χ2v) is 3.18. The Morgan fingerprint density at radius 3 is 2.64 bits per heavy atom. The van der Waals surface area contributed by atoms with Crippen LogP contribution in [-0.4, -0.2) is 24.7 Å². The molecular weight excluding hydrogens is 202 g/mol. The van der Waals surface area contributed by atoms with Gasteiger partial charge in [-0.25, -0.2) is 9.97 Å². The molecule has 0 N–H and O–H groups in total. The minimum atomic E-state index is 0.391. The lowest BCUT2D eigenvalue weighted by atomic mass is 10.6. The summed E-state index contributed by atoms with van der Waals surface area (Å²) in [6.07, 6.45) is 1.58. The monoisotopic (exact) mass is 209 g/mol. The first-order valence-corrected chi connectivity index (χ1v) is 4.44. The van der Waals surface area contributed by atoms with E-state index >= 15 is 0 Å². The molecule has 0 spiro atoms. The lowest BCUT2D eigenvalue weighted by Crippen LogP contribution is -2.04. The first-order chi connectivity index (χ1) is 6.66. The average Bonchev–Trinajstić information content (AvgIpc) is 2.45. The van der Waals surface area contributed by atoms with Crippen LogP contribution in [0.2, 0.25) is 5.15 Å². The Balaban J connectivity index is 2.54. The van der Waals surface area contributed by atoms with Crippen LogP contribution >= 0.6 is 11.6 Å². The largest absolute Gasteiger partial charge is 0.253 e. The van der Waals surface area contributed by atoms with Crippen LogP contribution in [0.5, 0.6) is 0 Å². The molecule has 6 heteroatoms. The third-order valence-corrected chi connectivity index (χ3v) is 1.88. The van der Waals surface area contributed by atoms with Crippen molar-refractivity contribution in [3.05, 3.63) is 29.1 Å². The summed E-state index contributed by atoms with van der Waals surface area (Å²) in [7, 11) is 0. The van der Waals surface area contributed by atoms with E-state index in [1.54, 1.807) is 16.9 Å². The number of hydrogen-bond acceptors (Lipinski definition) is 4. The molecule has 0 amide bonds. The maximum absolute atomic E-state index is 5.74. The van der Waals surface area contributed by atoms with Crippen molar-refractivity contribution in [3.8, 4) is 5.95 Å². The van der Waals surface area contributed by atoms with Crippen molar-refractivity contribution < 1.29 is 0 Å². The van der Waals surface area contributed by atoms with Gasteiger partial charge in [-0.05, 0) is 19.9 Å². The highest BCUT2D eigenvalue weighted by atomic mass is 35.5. The highest BCUT2D eigenvalue weighted by molar-refractivity contribution is 6.29. The number of nitrogens with zero attached hydrogens (tertiary/aromatic N) is 5. The van der Waals surface area contributed by atoms with E-state index < -0.39 is 0 Å². The fourth-order valence-electron chi connectivity index (χ4n) is 1.14. The summed E-state index contributed by atoms with van der Waals surface area (Å²) in [5.74, 6) is 1.87. The Labute approximate surface area is 85.8 Å². The molecule has 2 aromatic heterocycles. The number of hydrogen-bond donors (Lipinski definition) is 0. The molecule has 72 valence electrons. The molecule has 0 saturated heterocycles. The van der Waals surface area contributed by atoms with Gasteiger partial charge in [0, 0.05) is 6.20 Å². The van der Waals surface area contributed by atoms with E-state index in [0.29, 0.717) is 16.9 Å². The Bertz CT molecular complexity index is 465. The molecule has 0 aliphatic heterocycles. The molecular formula is C8H8ClN5. The van der Waals surface area contributed by atoms with Crippen molar-refractivity contribution in [1.82, 2.24) is 24.7 Å². The third-order valence-electron chi connectivity index (χ3n) is 1.67. The first-order valence-electron chi connectivity index (χ1n) is 4.06. The van der Waals surface area contributed by atoms with E-state index in [1.165, 1.54) is 0 Å². The van der Waals surface area contributed by atoms with Crippen LogP contribution in [0, 0.1) is 13.8 Å². The number of rotatable bonds is 1. The Morgan fingerprint density at radius 2 is 2.07 bits per heavy atom. The zero-order chi connectivity index (χ0) is 10.1. The zero-order valence-corrected chi connectivity index (χ0v) is 8.52. The van der Waals surface area contributed by atoms with Gasteiger partial charge in [0.1, 0.15) is 16.8 Å². The summed E-state index contributed by atoms with van der Waals surface area (Å²) in [4.78, 5) is 12.2. The van der Waals surface area contributed by atoms with Gasteiger partial charge in [-0.15, -0.1) is 5.10 Å². The summed E-state index contributed by atoms with van der Waals surface area (Å²) in [5.41, 5.74) is 0. The molecule has 2 rings (SSSR count). The summed E-state index contributed by atoms with van der Waals surface area (Å²) >= 11 is 5.74. The molecule has 0 aromatic carbocycles. The molecule has 0 radical (unpaired) electrons. The maximum atomic E-state index is 5.74. The van der Waals surface area contributed by atoms with Gasteiger partial charge in [0.05, 0.1) is 0 Å². The summed E-state index contributed by atoms with van der Waals surface area (Å²) < 4.78 is 1.56. The highest BCUT2D eigenvalue weighted by Crippen LogP contribution is 2.07. The van der Waals surface area contributed by atoms with Crippen molar-refractivity contribution in [1.29, 1.82) is 0 Å². The van der Waals surface area contributed by atoms with E-state index in [-0.39, 0.29) is 0 Å². The van der Waals surface area contributed by atoms with Crippen molar-refractivity contribution in [2.24, 2.45) is 0 Å². The first kappa shape index (κ1) is 9.08. The zero-order valence-electron chi connectivity index (χ0n) is 7.77. The Hall–Kier alpha value is -1.49. The molecule has 0 saturated carbocycles. The molecule has 0 atom stereocenters. The number of halogens is 1. The second-order valence-electron chi connectivity index (χ2n) is 2.80. The van der Waals surface area contributed by atoms with Crippen LogP contribution in [0.25, 0.3) is 5.95 Å². The maximum Gasteiger partial charge on any atom is 0.253 e. The summed E-state index contributed by atoms with van der Waals surface area (Å²) in [6, 6.07) is 1.62. The Morgan fingerprint density at radius 1 is 1.29 bits per heavy atom. The standard InChI is InChI=1S/C8H8ClN5/c1-5-11-6(2)14(13-5)8-10-4-3-7(9)12-8/h3-4H,1-2H3. The van der Waals surface area contributed by atoms with E-state index in [4.69, 9.17) is 11.6 Å². The van der Waals surface area contributed by atoms with Gasteiger partial charge in [-0.3, -0.25) is 0 Å². The van der Waals surface area contributed by atoms with Gasteiger partial charge in [0.25, 0.3) is 5.95 Å². The molecule has 0 aliphatic carbocycles. The van der Waals surface area contributed by atoms with E-state index in [2.05, 4.69) is 20.1 Å². The summed E-state index contributed by atoms with van der Waals surface area (Å²) in [6.45, 7) is 3.65. The van der Waals surface area contributed by atoms with Crippen LogP contribution in [0.3, 0.4) is 0 Å². The van der Waals surface area contributed by atoms with Crippen molar-refractivity contribution in [2.75, 3.05) is 0 Å². The Kier molecular flexibility index (Phi) is 2.17. The normalized spacial score (nSPS) is 10.5. The molecule has 2 heterocycles. The van der Waals surface area contributed by atoms with Crippen molar-refractivity contribution in [2.45, 2.75) is 13.8 Å². The van der Waals surface area contributed by atoms with E-state index in [0.717, 1.165) is 5.82 Å². The van der Waals surface area contributed by atoms with Gasteiger partial charge in [-0.1, -0.05) is 11.6 Å². The molecule has 14 heavy (non-hydrogen) atoms. The lowest BCUT2D eigenvalue weighted by Gasteiger charge is -1.99. The van der Waals surface area contributed by atoms with Crippen LogP contribution < -0.4 is 0 Å². The average molecular weight is 210 g/mol. The van der Waals surface area contributed by atoms with Crippen LogP contribution in [0.4, 0.5) is 0 Å². The van der Waals surface area contributed by atoms with Gasteiger partial charge < -0.3 is 0 Å². The quantitative estimate of drug-likeness (QED) is 0.665. The predicted octanol–water partition coefficient (Wildman–Crippen LogP) is 1.33. The molecule has 0 aliphatic rings. The predicted molar refractivity (Wildman–Crippen MR) is 51.4 cm³/mol. The fourth-order valence-corrected chi connectivity index (χ4v) is 1.27. The number of aromatic nitrogens is 5. The molecule has 0 unspecified atom stereocenters. The van der Waals surface area contributed by atoms with Crippen molar-refractivity contribution >= 4 is 11.6 Å². The van der Waals surface area contributed by atoms with Gasteiger partial charge in [0.15, 0.2) is 0 Å². The molecule has 5 nitrogen and oxygen atoms in total. The minimum absolute atomic E-state index is 0.391. The fraction of sp³-hybridized carbons (Fsp3) is 0.250. The molecule has 2 aromatic rings. The van der Waals surface area contributed by atoms with Crippen LogP contribution in [-0.2, 0) is 0 Å². The van der Waals surface area contributed by atoms with E-state index in [9.17, 15) is 0 Å². The highest BCUT2D eigenvalue weighted by Gasteiger charge is 2.07. The van der Waals surface area contributed by atoms with Crippen molar-refractivity contribution in [3.63, 3.8) is 0 Å². The molecule has 0 fully saturated rings. The third kappa shape index (κ3) is 1.58. The smallest absolute Gasteiger partial charge is 0.220 e. The topological polar surface area (TPSA) is 56.5 Å². The number of aryl methyl sites for hydroxylation is 2. The van der Waals surface area contributed by atoms with Crippen LogP contribution in [0.15, 0.2) is 12.3 Å². The van der Waals surface area contributed by atoms with Gasteiger partial charge in [0.2, 0.25) is 0 Å². The second kappa shape index (κ2) is 3.34. The van der Waals surface area contributed by atoms with Gasteiger partial charge in [-0.2, -0.15) is 9.67 Å². The SMILES string of the molecule is Cc1nc(C)n(-c2nccc(Cl)n2)n1. The van der Waals surface area contributed by atoms with E-state index in [1.807, 2.05) is 13.8 Å². The van der Waals surface area contributed by atoms with Gasteiger partial charge >= 0.3 is 0 Å². The lowest BCUT2D eigenvalue weighted by molar-refractivity contribution is 0.771.